The Morgan fingerprint density at radius 3 is 3.00 bits per heavy atom. The highest BCUT2D eigenvalue weighted by Crippen LogP contribution is 2.25. The lowest BCUT2D eigenvalue weighted by Gasteiger charge is -2.11. The van der Waals surface area contributed by atoms with Crippen molar-refractivity contribution >= 4 is 27.1 Å². The van der Waals surface area contributed by atoms with Crippen molar-refractivity contribution < 1.29 is 13.2 Å². The highest BCUT2D eigenvalue weighted by atomic mass is 32.2. The molecule has 0 unspecified atom stereocenters. The van der Waals surface area contributed by atoms with E-state index < -0.39 is 9.84 Å². The highest BCUT2D eigenvalue weighted by Gasteiger charge is 2.31. The first-order valence-electron chi connectivity index (χ1n) is 7.00. The number of nitrogens with zero attached hydrogens (tertiary/aromatic N) is 2. The third-order valence-electron chi connectivity index (χ3n) is 3.88. The first kappa shape index (κ1) is 15.2. The zero-order valence-corrected chi connectivity index (χ0v) is 13.8. The summed E-state index contributed by atoms with van der Waals surface area (Å²) >= 11 is 1.59. The molecular formula is C14H17N3O3S2. The van der Waals surface area contributed by atoms with Crippen molar-refractivity contribution in [3.63, 3.8) is 0 Å². The van der Waals surface area contributed by atoms with Crippen LogP contribution in [0.4, 0.5) is 0 Å². The molecule has 1 saturated heterocycles. The SMILES string of the molecule is Cc1c(C(=O)NCc2ccsc2)cnn1[C@H]1CCS(=O)(=O)C1. The molecule has 2 aromatic heterocycles. The number of nitrogens with one attached hydrogen (secondary N) is 1. The van der Waals surface area contributed by atoms with E-state index in [9.17, 15) is 13.2 Å². The molecule has 1 atom stereocenters. The Kier molecular flexibility index (Phi) is 4.05. The van der Waals surface area contributed by atoms with Crippen molar-refractivity contribution in [1.29, 1.82) is 0 Å². The molecular weight excluding hydrogens is 322 g/mol. The summed E-state index contributed by atoms with van der Waals surface area (Å²) in [7, 11) is -2.97. The molecule has 3 rings (SSSR count). The molecule has 0 spiro atoms. The van der Waals surface area contributed by atoms with Crippen LogP contribution in [0.2, 0.25) is 0 Å². The summed E-state index contributed by atoms with van der Waals surface area (Å²) in [4.78, 5) is 12.2. The average molecular weight is 339 g/mol. The molecule has 0 aliphatic carbocycles. The van der Waals surface area contributed by atoms with E-state index in [2.05, 4.69) is 10.4 Å². The van der Waals surface area contributed by atoms with Crippen LogP contribution in [0.15, 0.2) is 23.0 Å². The molecule has 1 aliphatic heterocycles. The smallest absolute Gasteiger partial charge is 0.255 e. The summed E-state index contributed by atoms with van der Waals surface area (Å²) in [6.45, 7) is 2.28. The Hall–Kier alpha value is -1.67. The van der Waals surface area contributed by atoms with Gasteiger partial charge in [-0.05, 0) is 35.7 Å². The van der Waals surface area contributed by atoms with Crippen molar-refractivity contribution in [2.24, 2.45) is 0 Å². The maximum absolute atomic E-state index is 12.2. The van der Waals surface area contributed by atoms with Gasteiger partial charge in [0.25, 0.3) is 5.91 Å². The molecule has 1 fully saturated rings. The normalized spacial score (nSPS) is 20.1. The van der Waals surface area contributed by atoms with Crippen molar-refractivity contribution in [2.75, 3.05) is 11.5 Å². The number of hydrogen-bond acceptors (Lipinski definition) is 5. The van der Waals surface area contributed by atoms with Gasteiger partial charge >= 0.3 is 0 Å². The second kappa shape index (κ2) is 5.85. The minimum Gasteiger partial charge on any atom is -0.348 e. The third kappa shape index (κ3) is 3.07. The van der Waals surface area contributed by atoms with Gasteiger partial charge in [0.1, 0.15) is 0 Å². The highest BCUT2D eigenvalue weighted by molar-refractivity contribution is 7.91. The molecule has 1 aliphatic rings. The van der Waals surface area contributed by atoms with Crippen molar-refractivity contribution in [1.82, 2.24) is 15.1 Å². The predicted octanol–water partition coefficient (Wildman–Crippen LogP) is 1.54. The van der Waals surface area contributed by atoms with Gasteiger partial charge in [-0.2, -0.15) is 16.4 Å². The second-order valence-electron chi connectivity index (χ2n) is 5.46. The van der Waals surface area contributed by atoms with Crippen LogP contribution in [0.3, 0.4) is 0 Å². The molecule has 3 heterocycles. The lowest BCUT2D eigenvalue weighted by molar-refractivity contribution is 0.0950. The fraction of sp³-hybridized carbons (Fsp3) is 0.429. The minimum absolute atomic E-state index is 0.103. The van der Waals surface area contributed by atoms with Gasteiger partial charge in [0.05, 0.1) is 29.3 Å². The summed E-state index contributed by atoms with van der Waals surface area (Å²) in [6.07, 6.45) is 2.07. The molecule has 0 radical (unpaired) electrons. The van der Waals surface area contributed by atoms with Crippen LogP contribution in [0, 0.1) is 6.92 Å². The molecule has 22 heavy (non-hydrogen) atoms. The molecule has 2 aromatic rings. The monoisotopic (exact) mass is 339 g/mol. The zero-order chi connectivity index (χ0) is 15.7. The second-order valence-corrected chi connectivity index (χ2v) is 8.47. The van der Waals surface area contributed by atoms with E-state index >= 15 is 0 Å². The van der Waals surface area contributed by atoms with Gasteiger partial charge in [-0.15, -0.1) is 0 Å². The number of rotatable bonds is 4. The molecule has 8 heteroatoms. The fourth-order valence-corrected chi connectivity index (χ4v) is 5.01. The minimum atomic E-state index is -2.97. The molecule has 0 saturated carbocycles. The lowest BCUT2D eigenvalue weighted by atomic mass is 10.2. The number of carbonyl (C=O) groups is 1. The first-order chi connectivity index (χ1) is 10.5. The van der Waals surface area contributed by atoms with E-state index in [1.54, 1.807) is 22.9 Å². The Morgan fingerprint density at radius 2 is 2.36 bits per heavy atom. The standard InChI is InChI=1S/C14H17N3O3S2/c1-10-13(14(18)15-6-11-2-4-21-8-11)7-16-17(10)12-3-5-22(19,20)9-12/h2,4,7-8,12H,3,5-6,9H2,1H3,(H,15,18)/t12-/m0/s1. The van der Waals surface area contributed by atoms with Crippen LogP contribution in [0.25, 0.3) is 0 Å². The van der Waals surface area contributed by atoms with Crippen LogP contribution in [0.1, 0.15) is 34.1 Å². The molecule has 1 N–H and O–H groups in total. The van der Waals surface area contributed by atoms with Gasteiger partial charge in [-0.1, -0.05) is 0 Å². The number of hydrogen-bond donors (Lipinski definition) is 1. The number of sulfone groups is 1. The Bertz CT molecular complexity index is 778. The van der Waals surface area contributed by atoms with Gasteiger partial charge < -0.3 is 5.32 Å². The maximum atomic E-state index is 12.2. The molecule has 0 bridgehead atoms. The summed E-state index contributed by atoms with van der Waals surface area (Å²) < 4.78 is 24.8. The maximum Gasteiger partial charge on any atom is 0.255 e. The van der Waals surface area contributed by atoms with E-state index in [4.69, 9.17) is 0 Å². The summed E-state index contributed by atoms with van der Waals surface area (Å²) in [5.74, 6) is 0.109. The van der Waals surface area contributed by atoms with Crippen LogP contribution in [0.5, 0.6) is 0 Å². The van der Waals surface area contributed by atoms with Crippen LogP contribution >= 0.6 is 11.3 Å². The van der Waals surface area contributed by atoms with E-state index in [1.807, 2.05) is 16.8 Å². The summed E-state index contributed by atoms with van der Waals surface area (Å²) in [5.41, 5.74) is 2.27. The van der Waals surface area contributed by atoms with E-state index in [0.717, 1.165) is 5.56 Å². The topological polar surface area (TPSA) is 81.1 Å². The number of thiophene rings is 1. The molecule has 118 valence electrons. The number of aromatic nitrogens is 2. The summed E-state index contributed by atoms with van der Waals surface area (Å²) in [5, 5.41) is 11.0. The lowest BCUT2D eigenvalue weighted by Crippen LogP contribution is -2.23. The van der Waals surface area contributed by atoms with E-state index in [0.29, 0.717) is 24.2 Å². The van der Waals surface area contributed by atoms with Crippen LogP contribution < -0.4 is 5.32 Å². The van der Waals surface area contributed by atoms with Crippen LogP contribution in [-0.2, 0) is 16.4 Å². The zero-order valence-electron chi connectivity index (χ0n) is 12.2. The van der Waals surface area contributed by atoms with Crippen molar-refractivity contribution in [2.45, 2.75) is 25.9 Å². The summed E-state index contributed by atoms with van der Waals surface area (Å²) in [6, 6.07) is 1.80. The third-order valence-corrected chi connectivity index (χ3v) is 6.36. The van der Waals surface area contributed by atoms with E-state index in [1.165, 1.54) is 6.20 Å². The molecule has 6 nitrogen and oxygen atoms in total. The predicted molar refractivity (Wildman–Crippen MR) is 84.8 cm³/mol. The first-order valence-corrected chi connectivity index (χ1v) is 9.76. The molecule has 0 aromatic carbocycles. The van der Waals surface area contributed by atoms with Gasteiger partial charge in [-0.25, -0.2) is 8.42 Å². The average Bonchev–Trinajstić information content (AvgIpc) is 3.16. The van der Waals surface area contributed by atoms with Gasteiger partial charge in [0, 0.05) is 12.2 Å². The Balaban J connectivity index is 1.71. The van der Waals surface area contributed by atoms with Crippen molar-refractivity contribution in [3.05, 3.63) is 39.8 Å². The Morgan fingerprint density at radius 1 is 1.55 bits per heavy atom. The quantitative estimate of drug-likeness (QED) is 0.916. The van der Waals surface area contributed by atoms with Crippen LogP contribution in [-0.4, -0.2) is 35.6 Å². The van der Waals surface area contributed by atoms with Gasteiger partial charge in [0.15, 0.2) is 9.84 Å². The van der Waals surface area contributed by atoms with E-state index in [-0.39, 0.29) is 23.5 Å². The van der Waals surface area contributed by atoms with Crippen molar-refractivity contribution in [3.8, 4) is 0 Å². The number of amides is 1. The Labute approximate surface area is 133 Å². The number of carbonyl (C=O) groups excluding carboxylic acids is 1. The van der Waals surface area contributed by atoms with Gasteiger partial charge in [0.2, 0.25) is 0 Å². The fourth-order valence-electron chi connectivity index (χ4n) is 2.65. The largest absolute Gasteiger partial charge is 0.348 e. The van der Waals surface area contributed by atoms with Gasteiger partial charge in [-0.3, -0.25) is 9.48 Å². The molecule has 1 amide bonds.